The zero-order valence-corrected chi connectivity index (χ0v) is 21.7. The summed E-state index contributed by atoms with van der Waals surface area (Å²) in [4.78, 5) is 32.7. The van der Waals surface area contributed by atoms with Crippen LogP contribution in [-0.4, -0.2) is 29.9 Å². The maximum Gasteiger partial charge on any atom is 0.259 e. The van der Waals surface area contributed by atoms with E-state index < -0.39 is 0 Å². The van der Waals surface area contributed by atoms with Crippen molar-refractivity contribution in [3.8, 4) is 22.5 Å². The van der Waals surface area contributed by atoms with Crippen molar-refractivity contribution < 1.29 is 18.4 Å². The van der Waals surface area contributed by atoms with Crippen LogP contribution in [0.25, 0.3) is 33.4 Å². The molecule has 194 valence electrons. The number of nitrogens with one attached hydrogen (secondary N) is 1. The van der Waals surface area contributed by atoms with Crippen LogP contribution < -0.4 is 10.2 Å². The molecule has 2 amide bonds. The molecular formula is C31H23ClFN3O3. The number of halogens is 2. The van der Waals surface area contributed by atoms with Crippen LogP contribution in [0.5, 0.6) is 0 Å². The van der Waals surface area contributed by atoms with Gasteiger partial charge in [-0.1, -0.05) is 23.7 Å². The first-order valence-electron chi connectivity index (χ1n) is 12.5. The molecule has 0 spiro atoms. The van der Waals surface area contributed by atoms with E-state index in [0.29, 0.717) is 49.8 Å². The van der Waals surface area contributed by atoms with Gasteiger partial charge in [0, 0.05) is 46.4 Å². The van der Waals surface area contributed by atoms with Crippen LogP contribution in [0.3, 0.4) is 0 Å². The number of aromatic nitrogens is 1. The van der Waals surface area contributed by atoms with Gasteiger partial charge in [0.05, 0.1) is 5.56 Å². The highest BCUT2D eigenvalue weighted by molar-refractivity contribution is 6.33. The molecule has 2 heterocycles. The fourth-order valence-electron chi connectivity index (χ4n) is 4.72. The molecule has 0 saturated heterocycles. The Balaban J connectivity index is 1.44. The first-order chi connectivity index (χ1) is 18.9. The minimum atomic E-state index is -0.383. The molecule has 0 aliphatic heterocycles. The molecule has 5 aromatic rings. The molecule has 8 heteroatoms. The van der Waals surface area contributed by atoms with Crippen molar-refractivity contribution in [3.05, 3.63) is 107 Å². The van der Waals surface area contributed by atoms with Gasteiger partial charge < -0.3 is 9.73 Å². The summed E-state index contributed by atoms with van der Waals surface area (Å²) in [6.07, 6.45) is 3.53. The van der Waals surface area contributed by atoms with Crippen molar-refractivity contribution >= 4 is 40.2 Å². The van der Waals surface area contributed by atoms with E-state index in [-0.39, 0.29) is 23.7 Å². The zero-order valence-electron chi connectivity index (χ0n) is 20.9. The molecule has 1 aliphatic carbocycles. The van der Waals surface area contributed by atoms with Gasteiger partial charge in [0.25, 0.3) is 11.8 Å². The number of anilines is 1. The van der Waals surface area contributed by atoms with E-state index in [9.17, 15) is 14.0 Å². The Bertz CT molecular complexity index is 1710. The average Bonchev–Trinajstić information content (AvgIpc) is 3.72. The van der Waals surface area contributed by atoms with Crippen LogP contribution in [0.1, 0.15) is 33.6 Å². The fourth-order valence-corrected chi connectivity index (χ4v) is 4.95. The molecule has 2 aromatic heterocycles. The minimum absolute atomic E-state index is 0.119. The third kappa shape index (κ3) is 4.66. The van der Waals surface area contributed by atoms with E-state index in [1.165, 1.54) is 12.1 Å². The van der Waals surface area contributed by atoms with Gasteiger partial charge in [-0.25, -0.2) is 9.37 Å². The summed E-state index contributed by atoms with van der Waals surface area (Å²) in [5.74, 6) is 0.0849. The van der Waals surface area contributed by atoms with Crippen LogP contribution in [0.15, 0.2) is 89.5 Å². The Morgan fingerprint density at radius 3 is 2.46 bits per heavy atom. The maximum absolute atomic E-state index is 13.6. The number of benzene rings is 3. The minimum Gasteiger partial charge on any atom is -0.455 e. The number of hydrogen-bond donors (Lipinski definition) is 1. The van der Waals surface area contributed by atoms with Crippen LogP contribution >= 0.6 is 11.6 Å². The maximum atomic E-state index is 13.6. The summed E-state index contributed by atoms with van der Waals surface area (Å²) in [5.41, 5.74) is 3.25. The van der Waals surface area contributed by atoms with Gasteiger partial charge in [-0.05, 0) is 85.1 Å². The lowest BCUT2D eigenvalue weighted by Crippen LogP contribution is -2.33. The van der Waals surface area contributed by atoms with Crippen LogP contribution in [0.2, 0.25) is 5.02 Å². The number of furan rings is 1. The Hall–Kier alpha value is -4.49. The largest absolute Gasteiger partial charge is 0.455 e. The second-order valence-corrected chi connectivity index (χ2v) is 9.80. The normalized spacial score (nSPS) is 12.9. The summed E-state index contributed by atoms with van der Waals surface area (Å²) < 4.78 is 19.6. The van der Waals surface area contributed by atoms with Crippen LogP contribution in [0.4, 0.5) is 10.2 Å². The molecule has 0 radical (unpaired) electrons. The quantitative estimate of drug-likeness (QED) is 0.249. The summed E-state index contributed by atoms with van der Waals surface area (Å²) >= 11 is 6.63. The average molecular weight is 540 g/mol. The first kappa shape index (κ1) is 24.8. The second kappa shape index (κ2) is 10.0. The lowest BCUT2D eigenvalue weighted by molar-refractivity contribution is 0.0962. The molecule has 0 bridgehead atoms. The highest BCUT2D eigenvalue weighted by atomic mass is 35.5. The van der Waals surface area contributed by atoms with E-state index in [4.69, 9.17) is 16.0 Å². The molecule has 6 nitrogen and oxygen atoms in total. The van der Waals surface area contributed by atoms with Gasteiger partial charge in [-0.2, -0.15) is 0 Å². The molecule has 1 N–H and O–H groups in total. The number of pyridine rings is 1. The van der Waals surface area contributed by atoms with Gasteiger partial charge in [0.15, 0.2) is 0 Å². The molecule has 1 saturated carbocycles. The van der Waals surface area contributed by atoms with E-state index in [0.717, 1.165) is 18.4 Å². The molecule has 1 fully saturated rings. The van der Waals surface area contributed by atoms with Crippen molar-refractivity contribution in [3.63, 3.8) is 0 Å². The smallest absolute Gasteiger partial charge is 0.259 e. The van der Waals surface area contributed by atoms with Gasteiger partial charge >= 0.3 is 0 Å². The predicted molar refractivity (Wildman–Crippen MR) is 150 cm³/mol. The van der Waals surface area contributed by atoms with Crippen LogP contribution in [-0.2, 0) is 0 Å². The summed E-state index contributed by atoms with van der Waals surface area (Å²) in [7, 11) is 1.54. The standard InChI is InChI=1S/C31H23ClFN3O3/c1-34-30(37)28-24-16-19(8-14-26(24)39-29(28)18-5-9-21(33)10-6-18)23-17-20(7-13-25(23)32)31(38)36(22-11-12-22)27-4-2-3-15-35-27/h2-10,13-17,22H,11-12H2,1H3,(H,34,37). The molecule has 6 rings (SSSR count). The fraction of sp³-hybridized carbons (Fsp3) is 0.129. The molecule has 0 unspecified atom stereocenters. The first-order valence-corrected chi connectivity index (χ1v) is 12.9. The lowest BCUT2D eigenvalue weighted by atomic mass is 9.98. The highest BCUT2D eigenvalue weighted by Gasteiger charge is 2.35. The number of amides is 2. The Morgan fingerprint density at radius 1 is 1.00 bits per heavy atom. The van der Waals surface area contributed by atoms with Crippen LogP contribution in [0, 0.1) is 5.82 Å². The highest BCUT2D eigenvalue weighted by Crippen LogP contribution is 2.38. The molecular weight excluding hydrogens is 517 g/mol. The van der Waals surface area contributed by atoms with Crippen molar-refractivity contribution in [2.75, 3.05) is 11.9 Å². The third-order valence-electron chi connectivity index (χ3n) is 6.80. The Labute approximate surface area is 229 Å². The van der Waals surface area contributed by atoms with E-state index in [1.807, 2.05) is 30.3 Å². The number of carbonyl (C=O) groups is 2. The summed E-state index contributed by atoms with van der Waals surface area (Å²) in [6, 6.07) is 22.0. The Morgan fingerprint density at radius 2 is 1.77 bits per heavy atom. The van der Waals surface area contributed by atoms with Crippen molar-refractivity contribution in [2.24, 2.45) is 0 Å². The number of fused-ring (bicyclic) bond motifs is 1. The summed E-state index contributed by atoms with van der Waals surface area (Å²) in [5, 5.41) is 3.70. The third-order valence-corrected chi connectivity index (χ3v) is 7.13. The molecule has 0 atom stereocenters. The molecule has 39 heavy (non-hydrogen) atoms. The zero-order chi connectivity index (χ0) is 27.1. The Kier molecular flexibility index (Phi) is 6.37. The van der Waals surface area contributed by atoms with Gasteiger partial charge in [-0.3, -0.25) is 14.5 Å². The van der Waals surface area contributed by atoms with Gasteiger partial charge in [-0.15, -0.1) is 0 Å². The topological polar surface area (TPSA) is 75.4 Å². The lowest BCUT2D eigenvalue weighted by Gasteiger charge is -2.22. The summed E-state index contributed by atoms with van der Waals surface area (Å²) in [6.45, 7) is 0. The number of nitrogens with zero attached hydrogens (tertiary/aromatic N) is 2. The van der Waals surface area contributed by atoms with Crippen molar-refractivity contribution in [1.82, 2.24) is 10.3 Å². The second-order valence-electron chi connectivity index (χ2n) is 9.39. The SMILES string of the molecule is CNC(=O)c1c(-c2ccc(F)cc2)oc2ccc(-c3cc(C(=O)N(c4ccccn4)C4CC4)ccc3Cl)cc12. The van der Waals surface area contributed by atoms with Crippen molar-refractivity contribution in [2.45, 2.75) is 18.9 Å². The van der Waals surface area contributed by atoms with E-state index in [1.54, 1.807) is 54.5 Å². The van der Waals surface area contributed by atoms with Gasteiger partial charge in [0.1, 0.15) is 23.0 Å². The van der Waals surface area contributed by atoms with Gasteiger partial charge in [0.2, 0.25) is 0 Å². The molecule has 3 aromatic carbocycles. The number of rotatable bonds is 6. The molecule has 1 aliphatic rings. The monoisotopic (exact) mass is 539 g/mol. The number of carbonyl (C=O) groups excluding carboxylic acids is 2. The van der Waals surface area contributed by atoms with E-state index in [2.05, 4.69) is 10.3 Å². The van der Waals surface area contributed by atoms with Crippen molar-refractivity contribution in [1.29, 1.82) is 0 Å². The predicted octanol–water partition coefficient (Wildman–Crippen LogP) is 7.12. The number of hydrogen-bond acceptors (Lipinski definition) is 4. The van der Waals surface area contributed by atoms with E-state index >= 15 is 0 Å².